The third-order valence-electron chi connectivity index (χ3n) is 2.58. The second-order valence-corrected chi connectivity index (χ2v) is 4.75. The summed E-state index contributed by atoms with van der Waals surface area (Å²) in [7, 11) is 1.64. The molecule has 2 N–H and O–H groups in total. The highest BCUT2D eigenvalue weighted by atomic mass is 16.5. The van der Waals surface area contributed by atoms with E-state index in [4.69, 9.17) is 19.9 Å². The van der Waals surface area contributed by atoms with Crippen LogP contribution in [0.25, 0.3) is 0 Å². The Labute approximate surface area is 123 Å². The number of anilines is 1. The van der Waals surface area contributed by atoms with Crippen LogP contribution in [-0.2, 0) is 11.3 Å². The van der Waals surface area contributed by atoms with Gasteiger partial charge in [0.15, 0.2) is 5.69 Å². The zero-order valence-electron chi connectivity index (χ0n) is 12.4. The number of nitrogen functional groups attached to an aromatic ring is 1. The zero-order chi connectivity index (χ0) is 15.2. The number of ether oxygens (including phenoxy) is 3. The Morgan fingerprint density at radius 3 is 2.67 bits per heavy atom. The molecule has 0 aliphatic heterocycles. The molecule has 0 saturated heterocycles. The number of methoxy groups -OCH3 is 1. The van der Waals surface area contributed by atoms with Gasteiger partial charge in [-0.2, -0.15) is 9.97 Å². The van der Waals surface area contributed by atoms with E-state index in [1.54, 1.807) is 7.11 Å². The SMILES string of the molecule is COCc1cccc(Oc2ncnc(OC(C)C)c2N)c1. The van der Waals surface area contributed by atoms with Crippen molar-refractivity contribution in [2.75, 3.05) is 12.8 Å². The Morgan fingerprint density at radius 2 is 1.95 bits per heavy atom. The average Bonchev–Trinajstić information content (AvgIpc) is 2.44. The molecule has 6 heteroatoms. The summed E-state index contributed by atoms with van der Waals surface area (Å²) in [5, 5.41) is 0. The highest BCUT2D eigenvalue weighted by molar-refractivity contribution is 5.56. The minimum absolute atomic E-state index is 0.0277. The van der Waals surface area contributed by atoms with E-state index in [9.17, 15) is 0 Å². The van der Waals surface area contributed by atoms with Gasteiger partial charge in [0.1, 0.15) is 12.1 Å². The van der Waals surface area contributed by atoms with E-state index in [0.29, 0.717) is 18.2 Å². The van der Waals surface area contributed by atoms with Crippen molar-refractivity contribution in [3.8, 4) is 17.5 Å². The van der Waals surface area contributed by atoms with Crippen LogP contribution in [0.3, 0.4) is 0 Å². The number of hydrogen-bond acceptors (Lipinski definition) is 6. The molecule has 21 heavy (non-hydrogen) atoms. The van der Waals surface area contributed by atoms with E-state index in [1.807, 2.05) is 38.1 Å². The Hall–Kier alpha value is -2.34. The number of aromatic nitrogens is 2. The van der Waals surface area contributed by atoms with Crippen LogP contribution in [-0.4, -0.2) is 23.2 Å². The topological polar surface area (TPSA) is 79.5 Å². The number of benzene rings is 1. The van der Waals surface area contributed by atoms with E-state index in [-0.39, 0.29) is 17.7 Å². The Bertz CT molecular complexity index is 602. The fourth-order valence-corrected chi connectivity index (χ4v) is 1.74. The fourth-order valence-electron chi connectivity index (χ4n) is 1.74. The molecule has 112 valence electrons. The summed E-state index contributed by atoms with van der Waals surface area (Å²) in [4.78, 5) is 8.06. The second kappa shape index (κ2) is 6.90. The normalized spacial score (nSPS) is 10.7. The summed E-state index contributed by atoms with van der Waals surface area (Å²) in [6.45, 7) is 4.31. The molecule has 0 fully saturated rings. The third-order valence-corrected chi connectivity index (χ3v) is 2.58. The highest BCUT2D eigenvalue weighted by Crippen LogP contribution is 2.31. The molecular formula is C15H19N3O3. The van der Waals surface area contributed by atoms with Crippen molar-refractivity contribution >= 4 is 5.69 Å². The lowest BCUT2D eigenvalue weighted by Crippen LogP contribution is -2.10. The summed E-state index contributed by atoms with van der Waals surface area (Å²) in [6, 6.07) is 7.53. The Morgan fingerprint density at radius 1 is 1.19 bits per heavy atom. The molecule has 0 amide bonds. The number of rotatable bonds is 6. The van der Waals surface area contributed by atoms with Crippen LogP contribution >= 0.6 is 0 Å². The average molecular weight is 289 g/mol. The van der Waals surface area contributed by atoms with Crippen molar-refractivity contribution in [3.63, 3.8) is 0 Å². The van der Waals surface area contributed by atoms with Gasteiger partial charge in [-0.25, -0.2) is 0 Å². The summed E-state index contributed by atoms with van der Waals surface area (Å²) in [5.74, 6) is 1.23. The van der Waals surface area contributed by atoms with Crippen molar-refractivity contribution in [2.45, 2.75) is 26.6 Å². The van der Waals surface area contributed by atoms with Crippen molar-refractivity contribution in [1.82, 2.24) is 9.97 Å². The molecule has 0 atom stereocenters. The van der Waals surface area contributed by atoms with E-state index < -0.39 is 0 Å². The van der Waals surface area contributed by atoms with Crippen molar-refractivity contribution in [3.05, 3.63) is 36.2 Å². The Balaban J connectivity index is 2.21. The van der Waals surface area contributed by atoms with Crippen LogP contribution in [0.5, 0.6) is 17.5 Å². The molecular weight excluding hydrogens is 270 g/mol. The second-order valence-electron chi connectivity index (χ2n) is 4.75. The molecule has 0 aliphatic rings. The molecule has 2 aromatic rings. The van der Waals surface area contributed by atoms with Crippen LogP contribution < -0.4 is 15.2 Å². The quantitative estimate of drug-likeness (QED) is 0.880. The van der Waals surface area contributed by atoms with Gasteiger partial charge in [0.2, 0.25) is 11.8 Å². The molecule has 1 heterocycles. The van der Waals surface area contributed by atoms with Crippen LogP contribution in [0.2, 0.25) is 0 Å². The minimum atomic E-state index is -0.0277. The summed E-state index contributed by atoms with van der Waals surface area (Å²) >= 11 is 0. The van der Waals surface area contributed by atoms with Gasteiger partial charge >= 0.3 is 0 Å². The van der Waals surface area contributed by atoms with Gasteiger partial charge in [-0.05, 0) is 31.5 Å². The lowest BCUT2D eigenvalue weighted by atomic mass is 10.2. The highest BCUT2D eigenvalue weighted by Gasteiger charge is 2.12. The van der Waals surface area contributed by atoms with E-state index in [1.165, 1.54) is 6.33 Å². The fraction of sp³-hybridized carbons (Fsp3) is 0.333. The van der Waals surface area contributed by atoms with Crippen molar-refractivity contribution in [1.29, 1.82) is 0 Å². The zero-order valence-corrected chi connectivity index (χ0v) is 12.4. The standard InChI is InChI=1S/C15H19N3O3/c1-10(2)20-14-13(16)15(18-9-17-14)21-12-6-4-5-11(7-12)8-19-3/h4-7,9-10H,8,16H2,1-3H3. The lowest BCUT2D eigenvalue weighted by Gasteiger charge is -2.13. The molecule has 1 aromatic heterocycles. The third kappa shape index (κ3) is 4.06. The van der Waals surface area contributed by atoms with E-state index in [2.05, 4.69) is 9.97 Å². The largest absolute Gasteiger partial charge is 0.473 e. The number of nitrogens with two attached hydrogens (primary N) is 1. The van der Waals surface area contributed by atoms with Crippen LogP contribution in [0.1, 0.15) is 19.4 Å². The molecule has 0 unspecified atom stereocenters. The van der Waals surface area contributed by atoms with Gasteiger partial charge in [0.05, 0.1) is 12.7 Å². The first-order valence-corrected chi connectivity index (χ1v) is 6.63. The molecule has 0 radical (unpaired) electrons. The Kier molecular flexibility index (Phi) is 4.94. The predicted molar refractivity (Wildman–Crippen MR) is 79.4 cm³/mol. The van der Waals surface area contributed by atoms with Gasteiger partial charge in [-0.3, -0.25) is 0 Å². The molecule has 0 saturated carbocycles. The smallest absolute Gasteiger partial charge is 0.249 e. The first kappa shape index (κ1) is 15.1. The van der Waals surface area contributed by atoms with Crippen molar-refractivity contribution < 1.29 is 14.2 Å². The first-order valence-electron chi connectivity index (χ1n) is 6.63. The van der Waals surface area contributed by atoms with Gasteiger partial charge in [-0.1, -0.05) is 12.1 Å². The van der Waals surface area contributed by atoms with Crippen LogP contribution in [0.4, 0.5) is 5.69 Å². The predicted octanol–water partition coefficient (Wildman–Crippen LogP) is 2.78. The van der Waals surface area contributed by atoms with Gasteiger partial charge in [0.25, 0.3) is 0 Å². The maximum atomic E-state index is 5.98. The van der Waals surface area contributed by atoms with Crippen LogP contribution in [0, 0.1) is 0 Å². The van der Waals surface area contributed by atoms with Crippen LogP contribution in [0.15, 0.2) is 30.6 Å². The van der Waals surface area contributed by atoms with Gasteiger partial charge < -0.3 is 19.9 Å². The molecule has 0 bridgehead atoms. The monoisotopic (exact) mass is 289 g/mol. The summed E-state index contributed by atoms with van der Waals surface area (Å²) < 4.78 is 16.3. The first-order chi connectivity index (χ1) is 10.1. The molecule has 2 rings (SSSR count). The molecule has 0 spiro atoms. The van der Waals surface area contributed by atoms with E-state index in [0.717, 1.165) is 5.56 Å². The molecule has 6 nitrogen and oxygen atoms in total. The molecule has 0 aliphatic carbocycles. The van der Waals surface area contributed by atoms with Gasteiger partial charge in [-0.15, -0.1) is 0 Å². The van der Waals surface area contributed by atoms with Crippen molar-refractivity contribution in [2.24, 2.45) is 0 Å². The molecule has 1 aromatic carbocycles. The minimum Gasteiger partial charge on any atom is -0.473 e. The maximum Gasteiger partial charge on any atom is 0.249 e. The van der Waals surface area contributed by atoms with Gasteiger partial charge in [0, 0.05) is 7.11 Å². The number of nitrogens with zero attached hydrogens (tertiary/aromatic N) is 2. The summed E-state index contributed by atoms with van der Waals surface area (Å²) in [6.07, 6.45) is 1.34. The maximum absolute atomic E-state index is 5.98. The summed E-state index contributed by atoms with van der Waals surface area (Å²) in [5.41, 5.74) is 7.26. The number of hydrogen-bond donors (Lipinski definition) is 1. The van der Waals surface area contributed by atoms with E-state index >= 15 is 0 Å². The lowest BCUT2D eigenvalue weighted by molar-refractivity contribution is 0.184.